The first-order chi connectivity index (χ1) is 6.02. The van der Waals surface area contributed by atoms with Crippen LogP contribution in [0.4, 0.5) is 0 Å². The maximum absolute atomic E-state index is 5.73. The van der Waals surface area contributed by atoms with Crippen LogP contribution in [0.2, 0.25) is 0 Å². The van der Waals surface area contributed by atoms with Crippen molar-refractivity contribution in [3.05, 3.63) is 0 Å². The Labute approximate surface area is 81.6 Å². The Morgan fingerprint density at radius 3 is 2.31 bits per heavy atom. The maximum Gasteiger partial charge on any atom is 0.247 e. The fraction of sp³-hybridized carbons (Fsp3) is 0.909. The van der Waals surface area contributed by atoms with Crippen molar-refractivity contribution in [2.75, 3.05) is 6.73 Å². The van der Waals surface area contributed by atoms with Crippen LogP contribution in [0, 0.1) is 11.8 Å². The monoisotopic (exact) mass is 184 g/mol. The normalized spacial score (nSPS) is 32.4. The molecule has 2 nitrogen and oxygen atoms in total. The van der Waals surface area contributed by atoms with Crippen molar-refractivity contribution in [2.24, 2.45) is 11.8 Å². The lowest BCUT2D eigenvalue weighted by Crippen LogP contribution is -2.30. The van der Waals surface area contributed by atoms with E-state index in [0.717, 1.165) is 6.73 Å². The summed E-state index contributed by atoms with van der Waals surface area (Å²) in [6.07, 6.45) is 2.67. The second kappa shape index (κ2) is 4.23. The summed E-state index contributed by atoms with van der Waals surface area (Å²) in [4.78, 5) is 0. The highest BCUT2D eigenvalue weighted by molar-refractivity contribution is 5.53. The Morgan fingerprint density at radius 2 is 1.92 bits per heavy atom. The summed E-state index contributed by atoms with van der Waals surface area (Å²) in [5.74, 6) is 1.22. The molecule has 2 heteroatoms. The van der Waals surface area contributed by atoms with E-state index in [1.165, 1.54) is 0 Å². The van der Waals surface area contributed by atoms with Gasteiger partial charge in [-0.2, -0.15) is 0 Å². The van der Waals surface area contributed by atoms with Crippen LogP contribution in [-0.2, 0) is 4.74 Å². The zero-order chi connectivity index (χ0) is 10.0. The molecule has 0 aromatic carbocycles. The lowest BCUT2D eigenvalue weighted by Gasteiger charge is -2.13. The van der Waals surface area contributed by atoms with E-state index in [9.17, 15) is 0 Å². The fourth-order valence-electron chi connectivity index (χ4n) is 1.93. The molecule has 0 N–H and O–H groups in total. The number of ether oxygens (including phenoxy) is 1. The van der Waals surface area contributed by atoms with Crippen molar-refractivity contribution in [2.45, 2.75) is 46.8 Å². The molecule has 1 fully saturated rings. The predicted molar refractivity (Wildman–Crippen MR) is 55.2 cm³/mol. The molecular formula is C11H22NO+. The second-order valence-electron chi connectivity index (χ2n) is 4.65. The van der Waals surface area contributed by atoms with Crippen molar-refractivity contribution in [1.29, 1.82) is 0 Å². The molecule has 2 atom stereocenters. The van der Waals surface area contributed by atoms with Crippen molar-refractivity contribution in [3.63, 3.8) is 0 Å². The van der Waals surface area contributed by atoms with Crippen LogP contribution in [-0.4, -0.2) is 29.7 Å². The van der Waals surface area contributed by atoms with Crippen molar-refractivity contribution >= 4 is 6.21 Å². The average molecular weight is 184 g/mol. The van der Waals surface area contributed by atoms with Crippen LogP contribution < -0.4 is 0 Å². The van der Waals surface area contributed by atoms with Crippen LogP contribution in [0.15, 0.2) is 0 Å². The van der Waals surface area contributed by atoms with Crippen LogP contribution in [0.5, 0.6) is 0 Å². The average Bonchev–Trinajstić information content (AvgIpc) is 2.32. The van der Waals surface area contributed by atoms with Gasteiger partial charge in [0, 0.05) is 12.8 Å². The third-order valence-electron chi connectivity index (χ3n) is 2.56. The third-order valence-corrected chi connectivity index (χ3v) is 2.56. The van der Waals surface area contributed by atoms with E-state index in [1.807, 2.05) is 0 Å². The molecule has 1 heterocycles. The van der Waals surface area contributed by atoms with Gasteiger partial charge < -0.3 is 4.74 Å². The first kappa shape index (κ1) is 10.7. The Balaban J connectivity index is 2.65. The molecule has 0 aromatic heterocycles. The van der Waals surface area contributed by atoms with E-state index >= 15 is 0 Å². The summed E-state index contributed by atoms with van der Waals surface area (Å²) >= 11 is 0. The first-order valence-electron chi connectivity index (χ1n) is 5.24. The van der Waals surface area contributed by atoms with Gasteiger partial charge in [0.2, 0.25) is 6.73 Å². The minimum absolute atomic E-state index is 0.398. The lowest BCUT2D eigenvalue weighted by molar-refractivity contribution is -0.553. The molecule has 1 aliphatic rings. The summed E-state index contributed by atoms with van der Waals surface area (Å²) in [5, 5.41) is 0. The zero-order valence-corrected chi connectivity index (χ0v) is 9.45. The second-order valence-corrected chi connectivity index (χ2v) is 4.65. The van der Waals surface area contributed by atoms with Gasteiger partial charge in [0.15, 0.2) is 6.04 Å². The molecule has 0 saturated carbocycles. The van der Waals surface area contributed by atoms with Crippen LogP contribution in [0.25, 0.3) is 0 Å². The van der Waals surface area contributed by atoms with Crippen molar-refractivity contribution in [1.82, 2.24) is 0 Å². The SMILES string of the molecule is CC(C)/C=[N+]1/CO[C@@H](C(C)C)C1C. The van der Waals surface area contributed by atoms with Gasteiger partial charge in [-0.1, -0.05) is 27.7 Å². The molecule has 1 aliphatic heterocycles. The highest BCUT2D eigenvalue weighted by Gasteiger charge is 2.36. The largest absolute Gasteiger partial charge is 0.313 e. The van der Waals surface area contributed by atoms with Gasteiger partial charge in [-0.15, -0.1) is 0 Å². The molecule has 1 unspecified atom stereocenters. The molecule has 0 amide bonds. The topological polar surface area (TPSA) is 12.2 Å². The standard InChI is InChI=1S/C11H22NO/c1-8(2)6-12-7-13-11(9(3)4)10(12)5/h6,8-11H,7H2,1-5H3/q+1/b12-6-/t10?,11-/m0/s1. The van der Waals surface area contributed by atoms with E-state index in [2.05, 4.69) is 45.4 Å². The molecule has 0 bridgehead atoms. The summed E-state index contributed by atoms with van der Waals surface area (Å²) < 4.78 is 8.05. The van der Waals surface area contributed by atoms with E-state index in [1.54, 1.807) is 0 Å². The Morgan fingerprint density at radius 1 is 1.31 bits per heavy atom. The van der Waals surface area contributed by atoms with Gasteiger partial charge in [-0.25, -0.2) is 4.58 Å². The van der Waals surface area contributed by atoms with Gasteiger partial charge >= 0.3 is 0 Å². The molecule has 76 valence electrons. The van der Waals surface area contributed by atoms with E-state index in [4.69, 9.17) is 4.74 Å². The van der Waals surface area contributed by atoms with Crippen LogP contribution >= 0.6 is 0 Å². The molecule has 1 rings (SSSR count). The van der Waals surface area contributed by atoms with Gasteiger partial charge in [0.05, 0.1) is 0 Å². The number of hydrogen-bond donors (Lipinski definition) is 0. The highest BCUT2D eigenvalue weighted by atomic mass is 16.5. The van der Waals surface area contributed by atoms with E-state index in [-0.39, 0.29) is 0 Å². The van der Waals surface area contributed by atoms with Gasteiger partial charge in [-0.3, -0.25) is 0 Å². The predicted octanol–water partition coefficient (Wildman–Crippen LogP) is 2.13. The number of hydrogen-bond acceptors (Lipinski definition) is 1. The number of nitrogens with zero attached hydrogens (tertiary/aromatic N) is 1. The highest BCUT2D eigenvalue weighted by Crippen LogP contribution is 2.19. The minimum atomic E-state index is 0.398. The van der Waals surface area contributed by atoms with E-state index < -0.39 is 0 Å². The lowest BCUT2D eigenvalue weighted by atomic mass is 10.0. The maximum atomic E-state index is 5.73. The Hall–Kier alpha value is -0.370. The van der Waals surface area contributed by atoms with Crippen molar-refractivity contribution in [3.8, 4) is 0 Å². The summed E-state index contributed by atoms with van der Waals surface area (Å²) in [5.41, 5.74) is 0. The minimum Gasteiger partial charge on any atom is -0.313 e. The quantitative estimate of drug-likeness (QED) is 0.599. The molecule has 0 radical (unpaired) electrons. The van der Waals surface area contributed by atoms with Crippen molar-refractivity contribution < 1.29 is 9.31 Å². The zero-order valence-electron chi connectivity index (χ0n) is 9.45. The molecule has 0 aliphatic carbocycles. The summed E-state index contributed by atoms with van der Waals surface area (Å²) in [6.45, 7) is 11.9. The first-order valence-corrected chi connectivity index (χ1v) is 5.24. The van der Waals surface area contributed by atoms with Gasteiger partial charge in [-0.05, 0) is 5.92 Å². The molecule has 0 aromatic rings. The molecular weight excluding hydrogens is 162 g/mol. The van der Waals surface area contributed by atoms with E-state index in [0.29, 0.717) is 24.0 Å². The van der Waals surface area contributed by atoms with Gasteiger partial charge in [0.1, 0.15) is 12.3 Å². The molecule has 1 saturated heterocycles. The Kier molecular flexibility index (Phi) is 3.48. The summed E-state index contributed by atoms with van der Waals surface area (Å²) in [7, 11) is 0. The molecule has 13 heavy (non-hydrogen) atoms. The summed E-state index contributed by atoms with van der Waals surface area (Å²) in [6, 6.07) is 0.530. The number of rotatable bonds is 2. The van der Waals surface area contributed by atoms with Gasteiger partial charge in [0.25, 0.3) is 0 Å². The third kappa shape index (κ3) is 2.53. The Bertz CT molecular complexity index is 196. The fourth-order valence-corrected chi connectivity index (χ4v) is 1.93. The smallest absolute Gasteiger partial charge is 0.247 e. The van der Waals surface area contributed by atoms with Crippen LogP contribution in [0.1, 0.15) is 34.6 Å². The molecule has 0 spiro atoms. The van der Waals surface area contributed by atoms with Crippen LogP contribution in [0.3, 0.4) is 0 Å².